The first-order valence-electron chi connectivity index (χ1n) is 41.7. The Bertz CT molecular complexity index is 7480. The first kappa shape index (κ1) is 72.2. The molecule has 24 aromatic rings. The molecule has 12 aromatic carbocycles. The minimum atomic E-state index is 1.19. The molecule has 0 saturated heterocycles. The zero-order chi connectivity index (χ0) is 80.8. The van der Waals surface area contributed by atoms with E-state index in [0.717, 1.165) is 0 Å². The minimum absolute atomic E-state index is 1.19. The van der Waals surface area contributed by atoms with Gasteiger partial charge in [-0.15, -0.1) is 0 Å². The van der Waals surface area contributed by atoms with Gasteiger partial charge in [-0.2, -0.15) is 0 Å². The van der Waals surface area contributed by atoms with Crippen molar-refractivity contribution < 1.29 is 0 Å². The summed E-state index contributed by atoms with van der Waals surface area (Å²) in [6.07, 6.45) is 26.6. The number of nitrogens with zero attached hydrogens (tertiary/aromatic N) is 6. The van der Waals surface area contributed by atoms with Crippen LogP contribution in [-0.2, 0) is 0 Å². The largest absolute Gasteiger partial charge is 0.323 e. The molecule has 0 amide bonds. The summed E-state index contributed by atoms with van der Waals surface area (Å²) < 4.78 is 13.4. The second-order valence-corrected chi connectivity index (χ2v) is 31.5. The molecule has 12 heterocycles. The molecule has 0 aliphatic heterocycles. The monoisotopic (exact) mass is 1560 g/mol. The van der Waals surface area contributed by atoms with Crippen molar-refractivity contribution in [2.75, 3.05) is 0 Å². The second-order valence-electron chi connectivity index (χ2n) is 31.5. The van der Waals surface area contributed by atoms with Crippen molar-refractivity contribution in [2.45, 2.75) is 0 Å². The van der Waals surface area contributed by atoms with Crippen molar-refractivity contribution >= 4 is 54.6 Å². The average Bonchev–Trinajstić information content (AvgIpc) is 1.33. The van der Waals surface area contributed by atoms with Gasteiger partial charge in [0.2, 0.25) is 0 Å². The van der Waals surface area contributed by atoms with Crippen LogP contribution in [0.2, 0.25) is 0 Å². The highest BCUT2D eigenvalue weighted by molar-refractivity contribution is 6.03. The summed E-state index contributed by atoms with van der Waals surface area (Å²) in [5.74, 6) is 0. The lowest BCUT2D eigenvalue weighted by Crippen LogP contribution is -1.88. The molecular formula is C116H80N6. The van der Waals surface area contributed by atoms with Gasteiger partial charge in [-0.25, -0.2) is 0 Å². The molecule has 6 nitrogen and oxygen atoms in total. The lowest BCUT2D eigenvalue weighted by Gasteiger charge is -2.10. The van der Waals surface area contributed by atoms with E-state index in [-0.39, 0.29) is 0 Å². The van der Waals surface area contributed by atoms with Crippen molar-refractivity contribution in [3.63, 3.8) is 0 Å². The first-order valence-corrected chi connectivity index (χ1v) is 41.7. The van der Waals surface area contributed by atoms with Gasteiger partial charge in [0.1, 0.15) is 0 Å². The molecule has 0 bridgehead atoms. The molecule has 0 fully saturated rings. The molecule has 24 rings (SSSR count). The number of fused-ring (bicyclic) bond motifs is 8. The maximum Gasteiger partial charge on any atom is 0.0541 e. The van der Waals surface area contributed by atoms with Gasteiger partial charge in [0.25, 0.3) is 0 Å². The third-order valence-electron chi connectivity index (χ3n) is 24.1. The van der Waals surface area contributed by atoms with Gasteiger partial charge in [-0.3, -0.25) is 0 Å². The molecule has 0 aliphatic rings. The molecule has 0 saturated carbocycles. The van der Waals surface area contributed by atoms with E-state index >= 15 is 0 Å². The Morgan fingerprint density at radius 3 is 0.631 bits per heavy atom. The van der Waals surface area contributed by atoms with Gasteiger partial charge in [0.05, 0.1) is 22.1 Å². The third kappa shape index (κ3) is 13.8. The summed E-state index contributed by atoms with van der Waals surface area (Å²) in [4.78, 5) is 0. The number of hydrogen-bond donors (Lipinski definition) is 0. The Morgan fingerprint density at radius 1 is 0.123 bits per heavy atom. The number of rotatable bonds is 13. The highest BCUT2D eigenvalue weighted by atomic mass is 14.9. The zero-order valence-corrected chi connectivity index (χ0v) is 66.9. The van der Waals surface area contributed by atoms with E-state index in [4.69, 9.17) is 0 Å². The van der Waals surface area contributed by atoms with E-state index in [1.807, 2.05) is 0 Å². The first-order chi connectivity index (χ1) is 60.4. The van der Waals surface area contributed by atoms with Gasteiger partial charge in [0, 0.05) is 141 Å². The van der Waals surface area contributed by atoms with Crippen LogP contribution < -0.4 is 0 Å². The smallest absolute Gasteiger partial charge is 0.0541 e. The fraction of sp³-hybridized carbons (Fsp3) is 0. The number of pyridine rings is 6. The minimum Gasteiger partial charge on any atom is -0.323 e. The van der Waals surface area contributed by atoms with E-state index < -0.39 is 0 Å². The van der Waals surface area contributed by atoms with Crippen molar-refractivity contribution in [2.24, 2.45) is 0 Å². The Labute approximate surface area is 707 Å². The van der Waals surface area contributed by atoms with Crippen molar-refractivity contribution in [3.8, 4) is 145 Å². The lowest BCUT2D eigenvalue weighted by atomic mass is 9.94. The summed E-state index contributed by atoms with van der Waals surface area (Å²) in [5.41, 5.74) is 39.0. The van der Waals surface area contributed by atoms with Crippen molar-refractivity contribution in [1.82, 2.24) is 26.4 Å². The highest BCUT2D eigenvalue weighted by Crippen LogP contribution is 2.46. The van der Waals surface area contributed by atoms with Crippen LogP contribution in [0.25, 0.3) is 199 Å². The van der Waals surface area contributed by atoms with Gasteiger partial charge in [-0.05, 0) is 208 Å². The van der Waals surface area contributed by atoms with E-state index in [9.17, 15) is 0 Å². The Balaban J connectivity index is 0.000000113. The fourth-order valence-electron chi connectivity index (χ4n) is 18.0. The topological polar surface area (TPSA) is 26.5 Å². The molecule has 6 heteroatoms. The summed E-state index contributed by atoms with van der Waals surface area (Å²) in [6.45, 7) is 0. The van der Waals surface area contributed by atoms with Gasteiger partial charge < -0.3 is 26.4 Å². The van der Waals surface area contributed by atoms with Gasteiger partial charge in [0.15, 0.2) is 0 Å². The standard InChI is InChI=1S/C48H32N2.C40H28N2.C28H20N2/c1-3-13-35(14-4-1)47-43(41-21-19-33-11-7-9-17-37(33)27-41)31-49-25-23-39(29-45(47)49)40-24-26-50-32-44(42-22-20-34-12-8-10-18-38(34)28-42)48(46(50)30-40)36-15-5-2-6-16-36;1-5-13-29(14-6-1)35-27-41-23-21-33(25-37(41)39(35)31-17-9-3-10-18-31)34-22-24-42-28-36(30-15-7-2-8-16-30)40(38(42)26-34)32-19-11-4-12-20-32;1-3-7-21(8-4-1)25-17-27-15-23(11-13-29(27)19-25)24-12-14-30-20-26(18-28(30)16-24)22-9-5-2-6-10-22/h1-32H;1-28H;1-20H. The third-order valence-corrected chi connectivity index (χ3v) is 24.1. The fourth-order valence-corrected chi connectivity index (χ4v) is 18.0. The van der Waals surface area contributed by atoms with E-state index in [1.54, 1.807) is 0 Å². The zero-order valence-electron chi connectivity index (χ0n) is 66.9. The molecule has 0 atom stereocenters. The van der Waals surface area contributed by atoms with E-state index in [2.05, 4.69) is 513 Å². The highest BCUT2D eigenvalue weighted by Gasteiger charge is 2.22. The predicted octanol–water partition coefficient (Wildman–Crippen LogP) is 30.6. The molecule has 12 aromatic heterocycles. The second kappa shape index (κ2) is 31.3. The molecule has 0 radical (unpaired) electrons. The van der Waals surface area contributed by atoms with Crippen LogP contribution >= 0.6 is 0 Å². The number of hydrogen-bond acceptors (Lipinski definition) is 0. The quantitative estimate of drug-likeness (QED) is 0.110. The molecule has 0 N–H and O–H groups in total. The molecule has 574 valence electrons. The average molecular weight is 1560 g/mol. The van der Waals surface area contributed by atoms with E-state index in [1.165, 1.54) is 199 Å². The summed E-state index contributed by atoms with van der Waals surface area (Å²) in [5, 5.41) is 5.00. The summed E-state index contributed by atoms with van der Waals surface area (Å²) in [7, 11) is 0. The Kier molecular flexibility index (Phi) is 18.5. The van der Waals surface area contributed by atoms with Crippen molar-refractivity contribution in [1.29, 1.82) is 0 Å². The summed E-state index contributed by atoms with van der Waals surface area (Å²) >= 11 is 0. The van der Waals surface area contributed by atoms with Crippen LogP contribution in [0.15, 0.2) is 487 Å². The molecule has 0 spiro atoms. The van der Waals surface area contributed by atoms with Crippen LogP contribution in [0, 0.1) is 0 Å². The van der Waals surface area contributed by atoms with E-state index in [0.29, 0.717) is 0 Å². The van der Waals surface area contributed by atoms with Gasteiger partial charge in [-0.1, -0.05) is 315 Å². The molecule has 0 aliphatic carbocycles. The number of benzene rings is 12. The van der Waals surface area contributed by atoms with Crippen LogP contribution in [-0.4, -0.2) is 26.4 Å². The van der Waals surface area contributed by atoms with Crippen LogP contribution in [0.1, 0.15) is 0 Å². The Morgan fingerprint density at radius 2 is 0.344 bits per heavy atom. The van der Waals surface area contributed by atoms with Crippen LogP contribution in [0.5, 0.6) is 0 Å². The molecule has 122 heavy (non-hydrogen) atoms. The maximum absolute atomic E-state index is 2.36. The number of aromatic nitrogens is 6. The molecular weight excluding hydrogens is 1480 g/mol. The normalized spacial score (nSPS) is 11.4. The summed E-state index contributed by atoms with van der Waals surface area (Å²) in [6, 6.07) is 148. The van der Waals surface area contributed by atoms with Gasteiger partial charge >= 0.3 is 0 Å². The van der Waals surface area contributed by atoms with Crippen LogP contribution in [0.4, 0.5) is 0 Å². The Hall–Kier alpha value is -16.3. The SMILES string of the molecule is c1ccc(-c2c(-c3ccc4ccccc4c3)cn3ccc(-c4ccn5cc(-c6ccc7ccccc7c6)c(-c6ccccc6)c5c4)cc23)cc1.c1ccc(-c2cc3cc(-c4ccn5cc(-c6ccccc6)cc5c4)ccn3c2)cc1.c1ccc(-c2cn3ccc(-c4ccn5cc(-c6ccccc6)c(-c6ccccc6)c5c4)cc3c2-c2ccccc2)cc1. The molecule has 0 unspecified atom stereocenters. The maximum atomic E-state index is 2.36. The van der Waals surface area contributed by atoms with Crippen molar-refractivity contribution in [3.05, 3.63) is 487 Å². The predicted molar refractivity (Wildman–Crippen MR) is 511 cm³/mol. The van der Waals surface area contributed by atoms with Crippen LogP contribution in [0.3, 0.4) is 0 Å². The lowest BCUT2D eigenvalue weighted by molar-refractivity contribution is 1.19.